The molecule has 1 aromatic carbocycles. The van der Waals surface area contributed by atoms with Gasteiger partial charge in [0, 0.05) is 32.2 Å². The van der Waals surface area contributed by atoms with Crippen LogP contribution < -0.4 is 5.32 Å². The highest BCUT2D eigenvalue weighted by atomic mass is 19.1. The Bertz CT molecular complexity index is 476. The maximum absolute atomic E-state index is 13.2. The summed E-state index contributed by atoms with van der Waals surface area (Å²) in [4.78, 5) is 2.24. The van der Waals surface area contributed by atoms with Gasteiger partial charge < -0.3 is 15.2 Å². The molecule has 2 N–H and O–H groups in total. The highest BCUT2D eigenvalue weighted by molar-refractivity contribution is 5.16. The highest BCUT2D eigenvalue weighted by Gasteiger charge is 2.25. The van der Waals surface area contributed by atoms with Crippen LogP contribution in [0.3, 0.4) is 0 Å². The maximum Gasteiger partial charge on any atom is 0.123 e. The molecule has 130 valence electrons. The van der Waals surface area contributed by atoms with Crippen LogP contribution in [0.1, 0.15) is 25.8 Å². The van der Waals surface area contributed by atoms with E-state index in [1.165, 1.54) is 6.07 Å². The molecule has 0 radical (unpaired) electrons. The number of β-amino-alcohol motifs (C(OH)–C–C–N with tert-alkyl or cyclic N) is 1. The molecule has 0 bridgehead atoms. The largest absolute Gasteiger partial charge is 0.388 e. The van der Waals surface area contributed by atoms with Crippen molar-refractivity contribution in [3.8, 4) is 0 Å². The summed E-state index contributed by atoms with van der Waals surface area (Å²) in [6.07, 6.45) is 1.74. The van der Waals surface area contributed by atoms with Crippen LogP contribution in [-0.4, -0.2) is 61.0 Å². The first-order chi connectivity index (χ1) is 10.9. The summed E-state index contributed by atoms with van der Waals surface area (Å²) < 4.78 is 18.5. The van der Waals surface area contributed by atoms with Crippen LogP contribution in [0.4, 0.5) is 4.39 Å². The quantitative estimate of drug-likeness (QED) is 0.766. The van der Waals surface area contributed by atoms with Gasteiger partial charge in [-0.25, -0.2) is 4.39 Å². The number of nitrogens with zero attached hydrogens (tertiary/aromatic N) is 1. The molecule has 0 spiro atoms. The second-order valence-corrected chi connectivity index (χ2v) is 6.84. The lowest BCUT2D eigenvalue weighted by molar-refractivity contribution is -0.0227. The lowest BCUT2D eigenvalue weighted by Gasteiger charge is -2.34. The Morgan fingerprint density at radius 2 is 2.13 bits per heavy atom. The van der Waals surface area contributed by atoms with E-state index in [-0.39, 0.29) is 11.9 Å². The zero-order chi connectivity index (χ0) is 16.7. The zero-order valence-corrected chi connectivity index (χ0v) is 14.2. The van der Waals surface area contributed by atoms with Crippen molar-refractivity contribution in [1.29, 1.82) is 0 Å². The molecule has 0 saturated carbocycles. The molecule has 0 amide bonds. The average molecular weight is 324 g/mol. The van der Waals surface area contributed by atoms with Crippen molar-refractivity contribution in [3.63, 3.8) is 0 Å². The van der Waals surface area contributed by atoms with Gasteiger partial charge in [0.1, 0.15) is 5.82 Å². The lowest BCUT2D eigenvalue weighted by Crippen LogP contribution is -2.51. The molecule has 23 heavy (non-hydrogen) atoms. The molecule has 2 atom stereocenters. The average Bonchev–Trinajstić information content (AvgIpc) is 2.52. The van der Waals surface area contributed by atoms with Crippen LogP contribution >= 0.6 is 0 Å². The first kappa shape index (κ1) is 18.3. The molecule has 1 fully saturated rings. The summed E-state index contributed by atoms with van der Waals surface area (Å²) in [6.45, 7) is 8.42. The van der Waals surface area contributed by atoms with Gasteiger partial charge in [-0.15, -0.1) is 0 Å². The number of rotatable bonds is 8. The second-order valence-electron chi connectivity index (χ2n) is 6.84. The van der Waals surface area contributed by atoms with Crippen molar-refractivity contribution in [2.24, 2.45) is 0 Å². The zero-order valence-electron chi connectivity index (χ0n) is 14.2. The Hall–Kier alpha value is -1.01. The number of nitrogens with one attached hydrogen (secondary N) is 1. The lowest BCUT2D eigenvalue weighted by atomic mass is 10.0. The van der Waals surface area contributed by atoms with Gasteiger partial charge in [-0.2, -0.15) is 0 Å². The number of hydrogen-bond acceptors (Lipinski definition) is 4. The van der Waals surface area contributed by atoms with Gasteiger partial charge in [0.2, 0.25) is 0 Å². The Morgan fingerprint density at radius 3 is 2.83 bits per heavy atom. The first-order valence-electron chi connectivity index (χ1n) is 8.45. The van der Waals surface area contributed by atoms with Gasteiger partial charge in [0.05, 0.1) is 18.8 Å². The van der Waals surface area contributed by atoms with E-state index in [1.807, 2.05) is 13.0 Å². The number of aliphatic hydroxyl groups is 1. The topological polar surface area (TPSA) is 44.7 Å². The fourth-order valence-electron chi connectivity index (χ4n) is 2.87. The van der Waals surface area contributed by atoms with E-state index in [0.717, 1.165) is 44.7 Å². The van der Waals surface area contributed by atoms with Gasteiger partial charge in [0.25, 0.3) is 0 Å². The molecule has 4 nitrogen and oxygen atoms in total. The third-order valence-electron chi connectivity index (χ3n) is 4.25. The Balaban J connectivity index is 1.68. The van der Waals surface area contributed by atoms with Crippen molar-refractivity contribution >= 4 is 0 Å². The molecule has 1 saturated heterocycles. The van der Waals surface area contributed by atoms with Gasteiger partial charge >= 0.3 is 0 Å². The van der Waals surface area contributed by atoms with Crippen LogP contribution in [0.5, 0.6) is 0 Å². The van der Waals surface area contributed by atoms with E-state index >= 15 is 0 Å². The van der Waals surface area contributed by atoms with E-state index < -0.39 is 5.60 Å². The number of morpholine rings is 1. The Labute approximate surface area is 138 Å². The minimum Gasteiger partial charge on any atom is -0.388 e. The molecule has 1 heterocycles. The molecule has 1 aromatic rings. The van der Waals surface area contributed by atoms with Gasteiger partial charge in [-0.05, 0) is 44.4 Å². The van der Waals surface area contributed by atoms with Crippen molar-refractivity contribution in [3.05, 3.63) is 35.6 Å². The molecule has 5 heteroatoms. The number of halogens is 1. The van der Waals surface area contributed by atoms with E-state index in [9.17, 15) is 9.50 Å². The Kier molecular flexibility index (Phi) is 6.96. The van der Waals surface area contributed by atoms with Crippen molar-refractivity contribution < 1.29 is 14.2 Å². The summed E-state index contributed by atoms with van der Waals surface area (Å²) in [6, 6.07) is 7.02. The van der Waals surface area contributed by atoms with Crippen LogP contribution in [0, 0.1) is 5.82 Å². The summed E-state index contributed by atoms with van der Waals surface area (Å²) in [7, 11) is 0. The molecule has 0 aromatic heterocycles. The standard InChI is InChI=1S/C18H29FN2O2/c1-15(6-7-16-4-3-5-17(19)12-16)20-13-18(2,22)14-21-8-10-23-11-9-21/h3-5,12,15,20,22H,6-11,13-14H2,1-2H3. The van der Waals surface area contributed by atoms with Gasteiger partial charge in [-0.1, -0.05) is 12.1 Å². The van der Waals surface area contributed by atoms with Crippen LogP contribution in [0.25, 0.3) is 0 Å². The monoisotopic (exact) mass is 324 g/mol. The van der Waals surface area contributed by atoms with Crippen molar-refractivity contribution in [2.75, 3.05) is 39.4 Å². The van der Waals surface area contributed by atoms with Crippen LogP contribution in [-0.2, 0) is 11.2 Å². The van der Waals surface area contributed by atoms with E-state index in [4.69, 9.17) is 4.74 Å². The molecular weight excluding hydrogens is 295 g/mol. The van der Waals surface area contributed by atoms with Crippen molar-refractivity contribution in [1.82, 2.24) is 10.2 Å². The molecule has 1 aliphatic heterocycles. The minimum absolute atomic E-state index is 0.184. The Morgan fingerprint density at radius 1 is 1.39 bits per heavy atom. The number of benzene rings is 1. The summed E-state index contributed by atoms with van der Waals surface area (Å²) in [5.74, 6) is -0.184. The summed E-state index contributed by atoms with van der Waals surface area (Å²) in [5, 5.41) is 13.9. The second kappa shape index (κ2) is 8.73. The van der Waals surface area contributed by atoms with Crippen LogP contribution in [0.2, 0.25) is 0 Å². The predicted molar refractivity (Wildman–Crippen MR) is 90.1 cm³/mol. The summed E-state index contributed by atoms with van der Waals surface area (Å²) >= 11 is 0. The van der Waals surface area contributed by atoms with Crippen molar-refractivity contribution in [2.45, 2.75) is 38.3 Å². The van der Waals surface area contributed by atoms with Gasteiger partial charge in [-0.3, -0.25) is 4.90 Å². The maximum atomic E-state index is 13.2. The smallest absolute Gasteiger partial charge is 0.123 e. The predicted octanol–water partition coefficient (Wildman–Crippen LogP) is 1.82. The van der Waals surface area contributed by atoms with Crippen LogP contribution in [0.15, 0.2) is 24.3 Å². The fourth-order valence-corrected chi connectivity index (χ4v) is 2.87. The molecule has 1 aliphatic rings. The third kappa shape index (κ3) is 6.96. The normalized spacial score (nSPS) is 20.2. The first-order valence-corrected chi connectivity index (χ1v) is 8.45. The fraction of sp³-hybridized carbons (Fsp3) is 0.667. The third-order valence-corrected chi connectivity index (χ3v) is 4.25. The molecular formula is C18H29FN2O2. The molecule has 2 rings (SSSR count). The number of ether oxygens (including phenoxy) is 1. The number of hydrogen-bond donors (Lipinski definition) is 2. The van der Waals surface area contributed by atoms with E-state index in [0.29, 0.717) is 13.1 Å². The van der Waals surface area contributed by atoms with E-state index in [2.05, 4.69) is 17.1 Å². The number of aryl methyl sites for hydroxylation is 1. The molecule has 0 aliphatic carbocycles. The van der Waals surface area contributed by atoms with E-state index in [1.54, 1.807) is 12.1 Å². The summed E-state index contributed by atoms with van der Waals surface area (Å²) in [5.41, 5.74) is 0.253. The SMILES string of the molecule is CC(CCc1cccc(F)c1)NCC(C)(O)CN1CCOCC1. The minimum atomic E-state index is -0.759. The van der Waals surface area contributed by atoms with Gasteiger partial charge in [0.15, 0.2) is 0 Å². The molecule has 2 unspecified atom stereocenters. The highest BCUT2D eigenvalue weighted by Crippen LogP contribution is 2.10.